The van der Waals surface area contributed by atoms with Gasteiger partial charge in [-0.2, -0.15) is 0 Å². The minimum atomic E-state index is -1.07. The Kier molecular flexibility index (Phi) is 10.6. The molecule has 1 fully saturated rings. The number of nitrogens with one attached hydrogen (secondary N) is 2. The van der Waals surface area contributed by atoms with Gasteiger partial charge in [0.1, 0.15) is 24.1 Å². The Morgan fingerprint density at radius 3 is 2.49 bits per heavy atom. The van der Waals surface area contributed by atoms with Crippen LogP contribution in [0.15, 0.2) is 42.5 Å². The van der Waals surface area contributed by atoms with E-state index in [9.17, 15) is 19.2 Å². The maximum absolute atomic E-state index is 12.8. The number of nitrogens with zero attached hydrogens (tertiary/aromatic N) is 2. The van der Waals surface area contributed by atoms with Gasteiger partial charge in [-0.15, -0.1) is 0 Å². The highest BCUT2D eigenvalue weighted by Crippen LogP contribution is 2.37. The number of fused-ring (bicyclic) bond motifs is 1. The lowest BCUT2D eigenvalue weighted by Gasteiger charge is -2.35. The third-order valence-electron chi connectivity index (χ3n) is 7.37. The molecule has 11 heteroatoms. The maximum Gasteiger partial charge on any atom is 0.416 e. The van der Waals surface area contributed by atoms with Crippen LogP contribution in [0.5, 0.6) is 0 Å². The number of pyridine rings is 1. The quantitative estimate of drug-likeness (QED) is 0.307. The van der Waals surface area contributed by atoms with Crippen molar-refractivity contribution in [2.45, 2.75) is 78.0 Å². The van der Waals surface area contributed by atoms with E-state index >= 15 is 0 Å². The molecule has 1 aliphatic heterocycles. The number of esters is 1. The number of anilines is 1. The smallest absolute Gasteiger partial charge is 0.416 e. The van der Waals surface area contributed by atoms with E-state index in [1.165, 1.54) is 0 Å². The molecule has 0 saturated heterocycles. The summed E-state index contributed by atoms with van der Waals surface area (Å²) in [6.45, 7) is 7.86. The number of carbonyl (C=O) groups is 4. The zero-order valence-electron chi connectivity index (χ0n) is 25.4. The minimum Gasteiger partial charge on any atom is -0.464 e. The molecule has 2 aliphatic rings. The summed E-state index contributed by atoms with van der Waals surface area (Å²) in [6, 6.07) is 12.1. The van der Waals surface area contributed by atoms with Crippen LogP contribution in [0.4, 0.5) is 15.4 Å². The van der Waals surface area contributed by atoms with Gasteiger partial charge in [0.15, 0.2) is 0 Å². The summed E-state index contributed by atoms with van der Waals surface area (Å²) < 4.78 is 15.9. The first-order chi connectivity index (χ1) is 20.5. The number of carbonyl (C=O) groups excluding carboxylic acids is 4. The summed E-state index contributed by atoms with van der Waals surface area (Å²) in [5.41, 5.74) is 2.12. The number of hydrogen-bond donors (Lipinski definition) is 2. The molecule has 1 saturated carbocycles. The molecule has 232 valence electrons. The minimum absolute atomic E-state index is 0.0517. The lowest BCUT2D eigenvalue weighted by Crippen LogP contribution is -2.51. The van der Waals surface area contributed by atoms with Crippen LogP contribution in [-0.2, 0) is 43.2 Å². The molecule has 2 heterocycles. The van der Waals surface area contributed by atoms with Gasteiger partial charge in [0.25, 0.3) is 0 Å². The Labute approximate surface area is 252 Å². The molecule has 2 N–H and O–H groups in total. The third kappa shape index (κ3) is 9.17. The van der Waals surface area contributed by atoms with Crippen LogP contribution in [0, 0.1) is 11.8 Å². The summed E-state index contributed by atoms with van der Waals surface area (Å²) in [6.07, 6.45) is 2.60. The van der Waals surface area contributed by atoms with Crippen molar-refractivity contribution in [2.24, 2.45) is 11.8 Å². The Bertz CT molecular complexity index is 1290. The van der Waals surface area contributed by atoms with Gasteiger partial charge in [-0.3, -0.25) is 9.69 Å². The first-order valence-electron chi connectivity index (χ1n) is 14.9. The van der Waals surface area contributed by atoms with Crippen molar-refractivity contribution in [2.75, 3.05) is 24.6 Å². The van der Waals surface area contributed by atoms with Gasteiger partial charge in [0.05, 0.1) is 6.61 Å². The molecule has 3 amide bonds. The van der Waals surface area contributed by atoms with Gasteiger partial charge < -0.3 is 24.8 Å². The Morgan fingerprint density at radius 2 is 1.79 bits per heavy atom. The molecule has 1 aromatic heterocycles. The monoisotopic (exact) mass is 594 g/mol. The molecule has 0 bridgehead atoms. The summed E-state index contributed by atoms with van der Waals surface area (Å²) in [7, 11) is 0. The molecular formula is C32H42N4O7. The number of alkyl carbamates (subject to hydrolysis) is 1. The molecule has 2 aromatic rings. The molecule has 0 radical (unpaired) electrons. The zero-order chi connectivity index (χ0) is 31.0. The van der Waals surface area contributed by atoms with E-state index < -0.39 is 29.8 Å². The second-order valence-electron chi connectivity index (χ2n) is 12.0. The van der Waals surface area contributed by atoms with Gasteiger partial charge >= 0.3 is 18.2 Å². The third-order valence-corrected chi connectivity index (χ3v) is 7.37. The largest absolute Gasteiger partial charge is 0.464 e. The van der Waals surface area contributed by atoms with Crippen molar-refractivity contribution in [3.05, 3.63) is 59.3 Å². The zero-order valence-corrected chi connectivity index (χ0v) is 25.4. The molecule has 1 atom stereocenters. The van der Waals surface area contributed by atoms with E-state index in [1.54, 1.807) is 11.8 Å². The second-order valence-corrected chi connectivity index (χ2v) is 12.0. The standard InChI is InChI=1S/C32H42N4O7/c1-5-41-29(38)26(35-30(39)42-20-21-10-7-6-8-11-21)19-33-28(37)24-16-22(17-24)18-25-14-13-23-12-9-15-36(27(23)34-25)31(40)43-32(2,3)4/h6-8,10-11,13-14,22,24,26H,5,9,12,15-20H2,1-4H3,(H,33,37)(H,35,39). The van der Waals surface area contributed by atoms with Gasteiger partial charge in [-0.25, -0.2) is 19.4 Å². The fraction of sp³-hybridized carbons (Fsp3) is 0.531. The highest BCUT2D eigenvalue weighted by molar-refractivity contribution is 5.88. The van der Waals surface area contributed by atoms with Crippen molar-refractivity contribution in [3.8, 4) is 0 Å². The van der Waals surface area contributed by atoms with Crippen LogP contribution in [0.1, 0.15) is 63.8 Å². The van der Waals surface area contributed by atoms with Crippen LogP contribution in [0.25, 0.3) is 0 Å². The Balaban J connectivity index is 1.26. The van der Waals surface area contributed by atoms with E-state index in [4.69, 9.17) is 19.2 Å². The average Bonchev–Trinajstić information content (AvgIpc) is 2.95. The van der Waals surface area contributed by atoms with E-state index in [2.05, 4.69) is 10.6 Å². The highest BCUT2D eigenvalue weighted by Gasteiger charge is 2.36. The fourth-order valence-electron chi connectivity index (χ4n) is 5.19. The van der Waals surface area contributed by atoms with Crippen LogP contribution in [-0.4, -0.2) is 60.4 Å². The number of benzene rings is 1. The van der Waals surface area contributed by atoms with Crippen LogP contribution < -0.4 is 15.5 Å². The van der Waals surface area contributed by atoms with Crippen LogP contribution >= 0.6 is 0 Å². The van der Waals surface area contributed by atoms with Gasteiger partial charge in [0, 0.05) is 24.7 Å². The lowest BCUT2D eigenvalue weighted by atomic mass is 9.72. The molecule has 1 unspecified atom stereocenters. The van der Waals surface area contributed by atoms with Gasteiger partial charge in [-0.05, 0) is 82.9 Å². The van der Waals surface area contributed by atoms with Crippen LogP contribution in [0.2, 0.25) is 0 Å². The maximum atomic E-state index is 12.8. The number of hydrogen-bond acceptors (Lipinski definition) is 8. The summed E-state index contributed by atoms with van der Waals surface area (Å²) in [4.78, 5) is 56.8. The fourth-order valence-corrected chi connectivity index (χ4v) is 5.19. The summed E-state index contributed by atoms with van der Waals surface area (Å²) in [5, 5.41) is 5.28. The van der Waals surface area contributed by atoms with E-state index in [0.717, 1.165) is 29.7 Å². The van der Waals surface area contributed by atoms with Crippen molar-refractivity contribution < 1.29 is 33.4 Å². The molecule has 11 nitrogen and oxygen atoms in total. The molecule has 4 rings (SSSR count). The Morgan fingerprint density at radius 1 is 1.05 bits per heavy atom. The Hall–Kier alpha value is -4.15. The number of ether oxygens (including phenoxy) is 3. The SMILES string of the molecule is CCOC(=O)C(CNC(=O)C1CC(Cc2ccc3c(n2)N(C(=O)OC(C)(C)C)CCC3)C1)NC(=O)OCc1ccccc1. The molecular weight excluding hydrogens is 552 g/mol. The topological polar surface area (TPSA) is 136 Å². The second kappa shape index (κ2) is 14.3. The normalized spacial score (nSPS) is 18.4. The number of aryl methyl sites for hydroxylation is 1. The molecule has 1 aromatic carbocycles. The molecule has 43 heavy (non-hydrogen) atoms. The summed E-state index contributed by atoms with van der Waals surface area (Å²) >= 11 is 0. The molecule has 1 aliphatic carbocycles. The number of amides is 3. The van der Waals surface area contributed by atoms with Crippen molar-refractivity contribution >= 4 is 29.9 Å². The van der Waals surface area contributed by atoms with Crippen molar-refractivity contribution in [3.63, 3.8) is 0 Å². The first-order valence-corrected chi connectivity index (χ1v) is 14.9. The van der Waals surface area contributed by atoms with Gasteiger partial charge in [0.2, 0.25) is 5.91 Å². The highest BCUT2D eigenvalue weighted by atomic mass is 16.6. The van der Waals surface area contributed by atoms with E-state index in [1.807, 2.05) is 63.2 Å². The van der Waals surface area contributed by atoms with Crippen molar-refractivity contribution in [1.82, 2.24) is 15.6 Å². The predicted octanol–water partition coefficient (Wildman–Crippen LogP) is 4.31. The van der Waals surface area contributed by atoms with Crippen LogP contribution in [0.3, 0.4) is 0 Å². The van der Waals surface area contributed by atoms with Crippen molar-refractivity contribution in [1.29, 1.82) is 0 Å². The number of aromatic nitrogens is 1. The average molecular weight is 595 g/mol. The lowest BCUT2D eigenvalue weighted by molar-refractivity contribution is -0.145. The van der Waals surface area contributed by atoms with Gasteiger partial charge in [-0.1, -0.05) is 36.4 Å². The summed E-state index contributed by atoms with van der Waals surface area (Å²) in [5.74, 6) is -0.101. The first kappa shape index (κ1) is 31.8. The predicted molar refractivity (Wildman–Crippen MR) is 159 cm³/mol. The van der Waals surface area contributed by atoms with E-state index in [0.29, 0.717) is 31.6 Å². The van der Waals surface area contributed by atoms with E-state index in [-0.39, 0.29) is 37.5 Å². The molecule has 0 spiro atoms. The number of rotatable bonds is 10.